The minimum Gasteiger partial charge on any atom is -0.466 e. The van der Waals surface area contributed by atoms with Crippen LogP contribution in [0.5, 0.6) is 0 Å². The van der Waals surface area contributed by atoms with Crippen molar-refractivity contribution in [2.75, 3.05) is 6.61 Å². The average molecular weight is 651 g/mol. The molecule has 2 fully saturated rings. The number of rotatable bonds is 28. The summed E-state index contributed by atoms with van der Waals surface area (Å²) in [6.45, 7) is 5.02. The highest BCUT2D eigenvalue weighted by Crippen LogP contribution is 2.48. The minimum absolute atomic E-state index is 0.0304. The second kappa shape index (κ2) is 25.2. The van der Waals surface area contributed by atoms with E-state index in [1.165, 1.54) is 96.3 Å². The number of aliphatic hydroxyl groups excluding tert-OH is 2. The minimum atomic E-state index is -0.424. The molecule has 2 aliphatic carbocycles. The second-order valence-electron chi connectivity index (χ2n) is 14.4. The Labute approximate surface area is 283 Å². The number of carbonyl (C=O) groups excluding carboxylic acids is 1. The van der Waals surface area contributed by atoms with Crippen molar-refractivity contribution >= 4 is 17.6 Å². The Morgan fingerprint density at radius 2 is 1.42 bits per heavy atom. The van der Waals surface area contributed by atoms with Gasteiger partial charge in [0, 0.05) is 17.7 Å². The normalized spacial score (nSPS) is 23.6. The molecule has 5 heteroatoms. The van der Waals surface area contributed by atoms with E-state index in [9.17, 15) is 15.0 Å². The fourth-order valence-electron chi connectivity index (χ4n) is 7.48. The molecule has 2 saturated carbocycles. The molecule has 0 aromatic carbocycles. The van der Waals surface area contributed by atoms with Crippen LogP contribution in [-0.2, 0) is 9.53 Å². The third kappa shape index (κ3) is 16.7. The van der Waals surface area contributed by atoms with Gasteiger partial charge in [-0.25, -0.2) is 0 Å². The first-order valence-electron chi connectivity index (χ1n) is 19.4. The molecule has 0 aromatic rings. The molecule has 0 unspecified atom stereocenters. The molecule has 0 saturated heterocycles. The van der Waals surface area contributed by atoms with E-state index in [0.29, 0.717) is 25.9 Å². The van der Waals surface area contributed by atoms with Gasteiger partial charge < -0.3 is 14.9 Å². The van der Waals surface area contributed by atoms with Crippen LogP contribution in [0, 0.1) is 17.3 Å². The molecule has 45 heavy (non-hydrogen) atoms. The van der Waals surface area contributed by atoms with Crippen molar-refractivity contribution in [1.29, 1.82) is 0 Å². The summed E-state index contributed by atoms with van der Waals surface area (Å²) < 4.78 is 5.45. The van der Waals surface area contributed by atoms with Gasteiger partial charge in [-0.2, -0.15) is 0 Å². The van der Waals surface area contributed by atoms with Crippen molar-refractivity contribution in [3.05, 3.63) is 24.3 Å². The number of unbranched alkanes of at least 4 members (excludes halogenated alkanes) is 16. The molecule has 0 spiro atoms. The van der Waals surface area contributed by atoms with Crippen LogP contribution in [0.3, 0.4) is 0 Å². The molecule has 0 aromatic heterocycles. The van der Waals surface area contributed by atoms with E-state index < -0.39 is 6.10 Å². The number of hydrogen-bond donors (Lipinski definition) is 2. The Balaban J connectivity index is 1.42. The first kappa shape index (κ1) is 40.3. The Hall–Kier alpha value is -0.840. The van der Waals surface area contributed by atoms with Crippen molar-refractivity contribution in [1.82, 2.24) is 0 Å². The highest BCUT2D eigenvalue weighted by Gasteiger charge is 2.42. The van der Waals surface area contributed by atoms with E-state index in [0.717, 1.165) is 51.4 Å². The number of carbonyl (C=O) groups is 1. The van der Waals surface area contributed by atoms with Gasteiger partial charge in [-0.15, -0.1) is 11.6 Å². The molecule has 2 N–H and O–H groups in total. The zero-order valence-corrected chi connectivity index (χ0v) is 30.1. The van der Waals surface area contributed by atoms with Crippen LogP contribution in [0.25, 0.3) is 0 Å². The number of ether oxygens (including phenoxy) is 1. The summed E-state index contributed by atoms with van der Waals surface area (Å²) in [7, 11) is 0. The lowest BCUT2D eigenvalue weighted by molar-refractivity contribution is -0.143. The summed E-state index contributed by atoms with van der Waals surface area (Å²) >= 11 is 6.62. The van der Waals surface area contributed by atoms with Gasteiger partial charge in [0.1, 0.15) is 0 Å². The highest BCUT2D eigenvalue weighted by molar-refractivity contribution is 6.21. The zero-order valence-electron chi connectivity index (χ0n) is 29.4. The lowest BCUT2D eigenvalue weighted by Crippen LogP contribution is -2.40. The summed E-state index contributed by atoms with van der Waals surface area (Å²) in [4.78, 5) is 12.1. The lowest BCUT2D eigenvalue weighted by Gasteiger charge is -2.45. The summed E-state index contributed by atoms with van der Waals surface area (Å²) in [5, 5.41) is 21.3. The summed E-state index contributed by atoms with van der Waals surface area (Å²) in [5.41, 5.74) is 0.105. The number of alkyl halides is 1. The maximum Gasteiger partial charge on any atom is 0.305 e. The van der Waals surface area contributed by atoms with Gasteiger partial charge in [0.25, 0.3) is 0 Å². The molecule has 2 rings (SSSR count). The summed E-state index contributed by atoms with van der Waals surface area (Å²) in [5.74, 6) is 0.144. The van der Waals surface area contributed by atoms with Crippen molar-refractivity contribution in [2.24, 2.45) is 17.3 Å². The molecule has 0 bridgehead atoms. The van der Waals surface area contributed by atoms with Crippen LogP contribution in [0.1, 0.15) is 181 Å². The number of esters is 1. The van der Waals surface area contributed by atoms with Gasteiger partial charge >= 0.3 is 5.97 Å². The number of allylic oxidation sites excluding steroid dienone is 2. The van der Waals surface area contributed by atoms with Crippen molar-refractivity contribution in [3.8, 4) is 0 Å². The molecule has 4 nitrogen and oxygen atoms in total. The van der Waals surface area contributed by atoms with Crippen LogP contribution >= 0.6 is 11.6 Å². The Morgan fingerprint density at radius 1 is 0.844 bits per heavy atom. The largest absolute Gasteiger partial charge is 0.466 e. The van der Waals surface area contributed by atoms with Crippen LogP contribution in [0.15, 0.2) is 24.3 Å². The van der Waals surface area contributed by atoms with E-state index in [2.05, 4.69) is 38.2 Å². The Morgan fingerprint density at radius 3 is 1.96 bits per heavy atom. The van der Waals surface area contributed by atoms with Crippen molar-refractivity contribution in [3.63, 3.8) is 0 Å². The third-order valence-corrected chi connectivity index (χ3v) is 11.4. The first-order chi connectivity index (χ1) is 21.9. The van der Waals surface area contributed by atoms with Gasteiger partial charge in [-0.3, -0.25) is 4.79 Å². The van der Waals surface area contributed by atoms with Gasteiger partial charge in [-0.05, 0) is 69.1 Å². The van der Waals surface area contributed by atoms with E-state index >= 15 is 0 Å². The molecule has 2 aliphatic rings. The SMILES string of the molecule is CCCCCCCCCCCCCCCCCCOC(=O)CCCC=CC[C@@H]1[C@@H](C=CC[C@H](O)C2(CC)CCC2)[C@H](O)C[C@H]1Cl. The van der Waals surface area contributed by atoms with E-state index in [1.54, 1.807) is 0 Å². The van der Waals surface area contributed by atoms with Gasteiger partial charge in [0.15, 0.2) is 0 Å². The highest BCUT2D eigenvalue weighted by atomic mass is 35.5. The smallest absolute Gasteiger partial charge is 0.305 e. The molecule has 262 valence electrons. The average Bonchev–Trinajstić information content (AvgIpc) is 3.27. The van der Waals surface area contributed by atoms with Gasteiger partial charge in [0.05, 0.1) is 18.8 Å². The van der Waals surface area contributed by atoms with Gasteiger partial charge in [0.2, 0.25) is 0 Å². The molecular weight excluding hydrogens is 580 g/mol. The molecule has 0 heterocycles. The van der Waals surface area contributed by atoms with Crippen LogP contribution < -0.4 is 0 Å². The lowest BCUT2D eigenvalue weighted by atomic mass is 9.63. The van der Waals surface area contributed by atoms with Crippen LogP contribution in [0.2, 0.25) is 0 Å². The summed E-state index contributed by atoms with van der Waals surface area (Å²) in [6.07, 6.45) is 38.0. The first-order valence-corrected chi connectivity index (χ1v) is 19.8. The van der Waals surface area contributed by atoms with E-state index in [1.807, 2.05) is 0 Å². The van der Waals surface area contributed by atoms with Crippen LogP contribution in [-0.4, -0.2) is 40.4 Å². The quantitative estimate of drug-likeness (QED) is 0.0382. The third-order valence-electron chi connectivity index (χ3n) is 10.9. The number of hydrogen-bond acceptors (Lipinski definition) is 4. The predicted molar refractivity (Wildman–Crippen MR) is 192 cm³/mol. The second-order valence-corrected chi connectivity index (χ2v) is 15.0. The maximum atomic E-state index is 12.1. The van der Waals surface area contributed by atoms with Crippen molar-refractivity contribution < 1.29 is 19.7 Å². The molecule has 5 atom stereocenters. The number of aliphatic hydroxyl groups is 2. The van der Waals surface area contributed by atoms with Crippen LogP contribution in [0.4, 0.5) is 0 Å². The fourth-order valence-corrected chi connectivity index (χ4v) is 7.93. The topological polar surface area (TPSA) is 66.8 Å². The predicted octanol–water partition coefficient (Wildman–Crippen LogP) is 11.4. The molecular formula is C40H71ClO4. The molecule has 0 aliphatic heterocycles. The molecule has 0 radical (unpaired) electrons. The standard InChI is InChI=1S/C40H71ClO4/c1-3-5-6-7-8-9-10-11-12-13-14-15-16-17-20-23-32-45-39(44)29-22-19-18-21-26-34-35(37(42)33-36(34)41)27-24-28-38(43)40(4-2)30-25-31-40/h18,21,24,27,34-38,42-43H,3-17,19-20,22-23,25-26,28-33H2,1-2H3/t34-,35-,36-,37-,38+/m1/s1. The Kier molecular flexibility index (Phi) is 22.6. The fraction of sp³-hybridized carbons (Fsp3) is 0.875. The van der Waals surface area contributed by atoms with Gasteiger partial charge in [-0.1, -0.05) is 141 Å². The summed E-state index contributed by atoms with van der Waals surface area (Å²) in [6, 6.07) is 0. The monoisotopic (exact) mass is 651 g/mol. The Bertz CT molecular complexity index is 786. The van der Waals surface area contributed by atoms with E-state index in [4.69, 9.17) is 16.3 Å². The van der Waals surface area contributed by atoms with Crippen molar-refractivity contribution in [2.45, 2.75) is 198 Å². The zero-order chi connectivity index (χ0) is 32.6. The van der Waals surface area contributed by atoms with E-state index in [-0.39, 0.29) is 34.7 Å². The molecule has 0 amide bonds. The maximum absolute atomic E-state index is 12.1. The number of halogens is 1.